The Bertz CT molecular complexity index is 330. The van der Waals surface area contributed by atoms with E-state index in [4.69, 9.17) is 0 Å². The molecule has 4 heteroatoms. The molecule has 2 aliphatic carbocycles. The van der Waals surface area contributed by atoms with Crippen molar-refractivity contribution in [3.8, 4) is 0 Å². The fourth-order valence-corrected chi connectivity index (χ4v) is 4.56. The zero-order valence-corrected chi connectivity index (χ0v) is 12.2. The van der Waals surface area contributed by atoms with E-state index >= 15 is 0 Å². The van der Waals surface area contributed by atoms with Crippen LogP contribution in [0.3, 0.4) is 0 Å². The molecule has 0 unspecified atom stereocenters. The molecule has 7 atom stereocenters. The van der Waals surface area contributed by atoms with E-state index in [1.54, 1.807) is 6.92 Å². The summed E-state index contributed by atoms with van der Waals surface area (Å²) in [5.41, 5.74) is -1.37. The largest absolute Gasteiger partial charge is 0.396 e. The van der Waals surface area contributed by atoms with Gasteiger partial charge in [0.05, 0.1) is 17.8 Å². The zero-order chi connectivity index (χ0) is 14.4. The molecule has 0 spiro atoms. The predicted octanol–water partition coefficient (Wildman–Crippen LogP) is 0.914. The van der Waals surface area contributed by atoms with Crippen molar-refractivity contribution in [1.29, 1.82) is 0 Å². The van der Waals surface area contributed by atoms with Crippen molar-refractivity contribution < 1.29 is 20.4 Å². The normalized spacial score (nSPS) is 52.6. The molecule has 0 bridgehead atoms. The second-order valence-electron chi connectivity index (χ2n) is 7.25. The summed E-state index contributed by atoms with van der Waals surface area (Å²) in [6.45, 7) is 5.75. The highest BCUT2D eigenvalue weighted by Crippen LogP contribution is 2.56. The molecule has 0 aromatic heterocycles. The highest BCUT2D eigenvalue weighted by molar-refractivity contribution is 5.09. The second-order valence-corrected chi connectivity index (χ2v) is 7.25. The molecular formula is C15H28O4. The lowest BCUT2D eigenvalue weighted by Gasteiger charge is -2.58. The molecule has 4 N–H and O–H groups in total. The minimum absolute atomic E-state index is 0.000139. The summed E-state index contributed by atoms with van der Waals surface area (Å²) >= 11 is 0. The minimum Gasteiger partial charge on any atom is -0.396 e. The molecule has 0 aromatic rings. The highest BCUT2D eigenvalue weighted by atomic mass is 16.3. The van der Waals surface area contributed by atoms with E-state index in [2.05, 4.69) is 0 Å². The maximum Gasteiger partial charge on any atom is 0.0679 e. The third-order valence-electron chi connectivity index (χ3n) is 5.88. The molecule has 112 valence electrons. The van der Waals surface area contributed by atoms with Crippen molar-refractivity contribution in [2.45, 2.75) is 64.3 Å². The van der Waals surface area contributed by atoms with Gasteiger partial charge in [-0.2, -0.15) is 0 Å². The van der Waals surface area contributed by atoms with Gasteiger partial charge in [-0.3, -0.25) is 0 Å². The Balaban J connectivity index is 2.32. The van der Waals surface area contributed by atoms with Crippen LogP contribution >= 0.6 is 0 Å². The summed E-state index contributed by atoms with van der Waals surface area (Å²) in [6.07, 6.45) is 1.58. The summed E-state index contributed by atoms with van der Waals surface area (Å²) < 4.78 is 0. The summed E-state index contributed by atoms with van der Waals surface area (Å²) in [5, 5.41) is 41.0. The van der Waals surface area contributed by atoms with E-state index in [-0.39, 0.29) is 24.4 Å². The van der Waals surface area contributed by atoms with E-state index in [0.717, 1.165) is 12.8 Å². The molecule has 0 amide bonds. The Morgan fingerprint density at radius 3 is 2.37 bits per heavy atom. The number of fused-ring (bicyclic) bond motifs is 1. The average molecular weight is 272 g/mol. The predicted molar refractivity (Wildman–Crippen MR) is 72.4 cm³/mol. The van der Waals surface area contributed by atoms with Crippen molar-refractivity contribution in [3.63, 3.8) is 0 Å². The zero-order valence-electron chi connectivity index (χ0n) is 12.2. The first kappa shape index (κ1) is 15.2. The van der Waals surface area contributed by atoms with Crippen LogP contribution in [-0.2, 0) is 0 Å². The van der Waals surface area contributed by atoms with Crippen LogP contribution in [0.5, 0.6) is 0 Å². The molecule has 2 rings (SSSR count). The maximum absolute atomic E-state index is 10.7. The fourth-order valence-electron chi connectivity index (χ4n) is 4.56. The monoisotopic (exact) mass is 272 g/mol. The van der Waals surface area contributed by atoms with Crippen LogP contribution in [-0.4, -0.2) is 44.8 Å². The lowest BCUT2D eigenvalue weighted by atomic mass is 9.50. The van der Waals surface area contributed by atoms with Crippen LogP contribution in [0.1, 0.15) is 46.5 Å². The first-order chi connectivity index (χ1) is 8.74. The summed E-state index contributed by atoms with van der Waals surface area (Å²) in [7, 11) is 0. The third-order valence-corrected chi connectivity index (χ3v) is 5.88. The molecule has 0 saturated heterocycles. The molecule has 0 radical (unpaired) electrons. The molecule has 0 aliphatic heterocycles. The number of aliphatic hydroxyl groups excluding tert-OH is 3. The number of rotatable bonds is 2. The standard InChI is InChI=1S/C15H28O4/c1-9(8-16)10-4-6-14(2)11(17)5-7-15(3,19)13(14)12(10)18/h9-13,16-19H,4-8H2,1-3H3/t9-,10+,11+,12-,13-,14+,15+/m1/s1. The number of hydrogen-bond donors (Lipinski definition) is 4. The first-order valence-electron chi connectivity index (χ1n) is 7.43. The van der Waals surface area contributed by atoms with Crippen molar-refractivity contribution in [3.05, 3.63) is 0 Å². The molecule has 2 fully saturated rings. The van der Waals surface area contributed by atoms with Gasteiger partial charge in [-0.25, -0.2) is 0 Å². The Kier molecular flexibility index (Phi) is 4.00. The Hall–Kier alpha value is -0.160. The third kappa shape index (κ3) is 2.33. The van der Waals surface area contributed by atoms with Crippen LogP contribution in [0.25, 0.3) is 0 Å². The van der Waals surface area contributed by atoms with Crippen LogP contribution in [0, 0.1) is 23.2 Å². The SMILES string of the molecule is C[C@H](CO)[C@@H]1CC[C@]2(C)[C@@H]([C@@H]1O)[C@@](C)(O)CC[C@@H]2O. The quantitative estimate of drug-likeness (QED) is 0.602. The van der Waals surface area contributed by atoms with E-state index in [1.165, 1.54) is 0 Å². The highest BCUT2D eigenvalue weighted by Gasteiger charge is 2.59. The average Bonchev–Trinajstić information content (AvgIpc) is 2.33. The van der Waals surface area contributed by atoms with E-state index in [0.29, 0.717) is 12.8 Å². The van der Waals surface area contributed by atoms with Crippen molar-refractivity contribution in [1.82, 2.24) is 0 Å². The van der Waals surface area contributed by atoms with Gasteiger partial charge >= 0.3 is 0 Å². The first-order valence-corrected chi connectivity index (χ1v) is 7.43. The Morgan fingerprint density at radius 1 is 1.16 bits per heavy atom. The van der Waals surface area contributed by atoms with Crippen LogP contribution < -0.4 is 0 Å². The maximum atomic E-state index is 10.7. The van der Waals surface area contributed by atoms with Gasteiger partial charge in [0, 0.05) is 17.9 Å². The van der Waals surface area contributed by atoms with E-state index in [1.807, 2.05) is 13.8 Å². The second kappa shape index (κ2) is 4.99. The van der Waals surface area contributed by atoms with Crippen molar-refractivity contribution in [2.75, 3.05) is 6.61 Å². The lowest BCUT2D eigenvalue weighted by Crippen LogP contribution is -2.63. The minimum atomic E-state index is -0.943. The number of aliphatic hydroxyl groups is 4. The molecule has 19 heavy (non-hydrogen) atoms. The Morgan fingerprint density at radius 2 is 1.79 bits per heavy atom. The van der Waals surface area contributed by atoms with Crippen molar-refractivity contribution in [2.24, 2.45) is 23.2 Å². The smallest absolute Gasteiger partial charge is 0.0679 e. The van der Waals surface area contributed by atoms with Gasteiger partial charge < -0.3 is 20.4 Å². The van der Waals surface area contributed by atoms with E-state index < -0.39 is 23.2 Å². The topological polar surface area (TPSA) is 80.9 Å². The lowest BCUT2D eigenvalue weighted by molar-refractivity contribution is -0.221. The van der Waals surface area contributed by atoms with Gasteiger partial charge in [-0.1, -0.05) is 13.8 Å². The molecule has 0 aromatic carbocycles. The van der Waals surface area contributed by atoms with Crippen molar-refractivity contribution >= 4 is 0 Å². The van der Waals surface area contributed by atoms with E-state index in [9.17, 15) is 20.4 Å². The molecule has 4 nitrogen and oxygen atoms in total. The van der Waals surface area contributed by atoms with Crippen LogP contribution in [0.15, 0.2) is 0 Å². The summed E-state index contributed by atoms with van der Waals surface area (Å²) in [6, 6.07) is 0. The van der Waals surface area contributed by atoms with Crippen LogP contribution in [0.4, 0.5) is 0 Å². The van der Waals surface area contributed by atoms with Gasteiger partial charge in [0.1, 0.15) is 0 Å². The summed E-state index contributed by atoms with van der Waals surface area (Å²) in [4.78, 5) is 0. The Labute approximate surface area is 115 Å². The summed E-state index contributed by atoms with van der Waals surface area (Å²) in [5.74, 6) is -0.300. The van der Waals surface area contributed by atoms with Gasteiger partial charge in [-0.05, 0) is 44.4 Å². The molecule has 0 heterocycles. The van der Waals surface area contributed by atoms with Gasteiger partial charge in [0.25, 0.3) is 0 Å². The molecule has 2 saturated carbocycles. The number of hydrogen-bond acceptors (Lipinski definition) is 4. The van der Waals surface area contributed by atoms with Gasteiger partial charge in [-0.15, -0.1) is 0 Å². The van der Waals surface area contributed by atoms with Gasteiger partial charge in [0.15, 0.2) is 0 Å². The van der Waals surface area contributed by atoms with Gasteiger partial charge in [0.2, 0.25) is 0 Å². The fraction of sp³-hybridized carbons (Fsp3) is 1.00. The molecule has 2 aliphatic rings. The van der Waals surface area contributed by atoms with Crippen LogP contribution in [0.2, 0.25) is 0 Å². The molecular weight excluding hydrogens is 244 g/mol.